The summed E-state index contributed by atoms with van der Waals surface area (Å²) < 4.78 is 32.5. The number of carbonyl (C=O) groups excluding carboxylic acids is 1. The molecule has 1 heterocycles. The predicted molar refractivity (Wildman–Crippen MR) is 123 cm³/mol. The Morgan fingerprint density at radius 3 is 2.32 bits per heavy atom. The Labute approximate surface area is 197 Å². The van der Waals surface area contributed by atoms with Gasteiger partial charge in [-0.25, -0.2) is 12.7 Å². The van der Waals surface area contributed by atoms with E-state index in [0.717, 1.165) is 0 Å². The molecule has 31 heavy (non-hydrogen) atoms. The molecular weight excluding hydrogens is 483 g/mol. The maximum absolute atomic E-state index is 12.7. The average Bonchev–Trinajstić information content (AvgIpc) is 2.74. The Balaban J connectivity index is 1.42. The standard InChI is InChI=1S/C21H23Cl3N2O4S/c22-17-3-5-19(6-4-17)30-12-9-25-21(27)15-7-10-26(11-8-15)31(28,29)14-16-1-2-18(23)13-20(16)24/h1-6,13,15H,7-12,14H2,(H,25,27). The van der Waals surface area contributed by atoms with Crippen molar-refractivity contribution in [3.63, 3.8) is 0 Å². The molecule has 3 rings (SSSR count). The monoisotopic (exact) mass is 504 g/mol. The average molecular weight is 506 g/mol. The molecule has 2 aromatic carbocycles. The summed E-state index contributed by atoms with van der Waals surface area (Å²) >= 11 is 17.8. The molecular formula is C21H23Cl3N2O4S. The van der Waals surface area contributed by atoms with Crippen LogP contribution in [0.3, 0.4) is 0 Å². The summed E-state index contributed by atoms with van der Waals surface area (Å²) in [5.41, 5.74) is 0.506. The highest BCUT2D eigenvalue weighted by Crippen LogP contribution is 2.26. The molecule has 0 unspecified atom stereocenters. The number of hydrogen-bond acceptors (Lipinski definition) is 4. The van der Waals surface area contributed by atoms with Gasteiger partial charge < -0.3 is 10.1 Å². The minimum atomic E-state index is -3.53. The van der Waals surface area contributed by atoms with Crippen LogP contribution in [0.5, 0.6) is 5.75 Å². The molecule has 0 atom stereocenters. The Bertz CT molecular complexity index is 1010. The van der Waals surface area contributed by atoms with E-state index < -0.39 is 10.0 Å². The van der Waals surface area contributed by atoms with E-state index in [2.05, 4.69) is 5.32 Å². The zero-order valence-corrected chi connectivity index (χ0v) is 19.8. The Kier molecular flexibility index (Phi) is 8.47. The normalized spacial score (nSPS) is 15.6. The van der Waals surface area contributed by atoms with Gasteiger partial charge in [-0.15, -0.1) is 0 Å². The van der Waals surface area contributed by atoms with Crippen LogP contribution in [0.15, 0.2) is 42.5 Å². The van der Waals surface area contributed by atoms with Gasteiger partial charge in [-0.3, -0.25) is 4.79 Å². The molecule has 0 saturated carbocycles. The van der Waals surface area contributed by atoms with Gasteiger partial charge in [0.05, 0.1) is 12.3 Å². The summed E-state index contributed by atoms with van der Waals surface area (Å²) in [5, 5.41) is 4.26. The van der Waals surface area contributed by atoms with Crippen molar-refractivity contribution in [1.29, 1.82) is 0 Å². The first-order chi connectivity index (χ1) is 14.7. The van der Waals surface area contributed by atoms with Crippen LogP contribution in [0.25, 0.3) is 0 Å². The van der Waals surface area contributed by atoms with Crippen molar-refractivity contribution in [2.75, 3.05) is 26.2 Å². The van der Waals surface area contributed by atoms with E-state index in [1.165, 1.54) is 10.4 Å². The number of sulfonamides is 1. The van der Waals surface area contributed by atoms with Crippen molar-refractivity contribution < 1.29 is 17.9 Å². The van der Waals surface area contributed by atoms with Gasteiger partial charge in [0.15, 0.2) is 0 Å². The molecule has 1 aliphatic rings. The molecule has 0 radical (unpaired) electrons. The van der Waals surface area contributed by atoms with Crippen LogP contribution in [-0.2, 0) is 20.6 Å². The van der Waals surface area contributed by atoms with Crippen LogP contribution >= 0.6 is 34.8 Å². The minimum absolute atomic E-state index is 0.0856. The first-order valence-corrected chi connectivity index (χ1v) is 12.6. The van der Waals surface area contributed by atoms with E-state index in [0.29, 0.717) is 65.5 Å². The van der Waals surface area contributed by atoms with Crippen LogP contribution in [0.4, 0.5) is 0 Å². The molecule has 0 bridgehead atoms. The lowest BCUT2D eigenvalue weighted by Gasteiger charge is -2.30. The molecule has 0 aromatic heterocycles. The maximum atomic E-state index is 12.7. The maximum Gasteiger partial charge on any atom is 0.223 e. The van der Waals surface area contributed by atoms with E-state index in [-0.39, 0.29) is 17.6 Å². The fraction of sp³-hybridized carbons (Fsp3) is 0.381. The molecule has 0 spiro atoms. The third-order valence-electron chi connectivity index (χ3n) is 5.05. The van der Waals surface area contributed by atoms with Crippen LogP contribution in [0, 0.1) is 5.92 Å². The third-order valence-corrected chi connectivity index (χ3v) is 7.72. The quantitative estimate of drug-likeness (QED) is 0.540. The third kappa shape index (κ3) is 6.99. The van der Waals surface area contributed by atoms with E-state index in [4.69, 9.17) is 39.5 Å². The smallest absolute Gasteiger partial charge is 0.223 e. The van der Waals surface area contributed by atoms with E-state index >= 15 is 0 Å². The Morgan fingerprint density at radius 1 is 1.03 bits per heavy atom. The van der Waals surface area contributed by atoms with Gasteiger partial charge >= 0.3 is 0 Å². The van der Waals surface area contributed by atoms with Crippen molar-refractivity contribution in [3.05, 3.63) is 63.1 Å². The Hall–Kier alpha value is -1.51. The molecule has 2 aromatic rings. The summed E-state index contributed by atoms with van der Waals surface area (Å²) in [6.07, 6.45) is 0.939. The van der Waals surface area contributed by atoms with Gasteiger partial charge in [-0.05, 0) is 54.8 Å². The largest absolute Gasteiger partial charge is 0.492 e. The lowest BCUT2D eigenvalue weighted by Crippen LogP contribution is -2.44. The Morgan fingerprint density at radius 2 is 1.68 bits per heavy atom. The number of nitrogens with zero attached hydrogens (tertiary/aromatic N) is 1. The second-order valence-corrected chi connectivity index (χ2v) is 10.5. The number of benzene rings is 2. The zero-order chi connectivity index (χ0) is 22.4. The predicted octanol–water partition coefficient (Wildman–Crippen LogP) is 4.38. The lowest BCUT2D eigenvalue weighted by atomic mass is 9.97. The molecule has 1 N–H and O–H groups in total. The minimum Gasteiger partial charge on any atom is -0.492 e. The van der Waals surface area contributed by atoms with Gasteiger partial charge in [-0.2, -0.15) is 0 Å². The topological polar surface area (TPSA) is 75.7 Å². The van der Waals surface area contributed by atoms with Gasteiger partial charge in [-0.1, -0.05) is 40.9 Å². The summed E-state index contributed by atoms with van der Waals surface area (Å²) in [6.45, 7) is 1.30. The first kappa shape index (κ1) is 24.1. The van der Waals surface area contributed by atoms with Crippen molar-refractivity contribution in [1.82, 2.24) is 9.62 Å². The number of hydrogen-bond donors (Lipinski definition) is 1. The highest BCUT2D eigenvalue weighted by atomic mass is 35.5. The van der Waals surface area contributed by atoms with Gasteiger partial charge in [0.25, 0.3) is 0 Å². The lowest BCUT2D eigenvalue weighted by molar-refractivity contribution is -0.126. The molecule has 1 amide bonds. The molecule has 10 heteroatoms. The number of amides is 1. The number of carbonyl (C=O) groups is 1. The number of nitrogens with one attached hydrogen (secondary N) is 1. The van der Waals surface area contributed by atoms with Crippen LogP contribution in [0.2, 0.25) is 15.1 Å². The first-order valence-electron chi connectivity index (χ1n) is 9.82. The summed E-state index contributed by atoms with van der Waals surface area (Å²) in [7, 11) is -3.53. The fourth-order valence-corrected chi connectivity index (χ4v) is 5.62. The van der Waals surface area contributed by atoms with Crippen molar-refractivity contribution in [2.45, 2.75) is 18.6 Å². The van der Waals surface area contributed by atoms with Gasteiger partial charge in [0, 0.05) is 34.1 Å². The van der Waals surface area contributed by atoms with Crippen molar-refractivity contribution in [3.8, 4) is 5.75 Å². The molecule has 168 valence electrons. The summed E-state index contributed by atoms with van der Waals surface area (Å²) in [6, 6.07) is 11.8. The van der Waals surface area contributed by atoms with Crippen LogP contribution in [0.1, 0.15) is 18.4 Å². The van der Waals surface area contributed by atoms with Crippen molar-refractivity contribution >= 4 is 50.7 Å². The highest BCUT2D eigenvalue weighted by molar-refractivity contribution is 7.88. The number of rotatable bonds is 8. The van der Waals surface area contributed by atoms with E-state index in [1.54, 1.807) is 36.4 Å². The second-order valence-electron chi connectivity index (χ2n) is 7.26. The number of ether oxygens (including phenoxy) is 1. The fourth-order valence-electron chi connectivity index (χ4n) is 3.34. The summed E-state index contributed by atoms with van der Waals surface area (Å²) in [4.78, 5) is 12.4. The highest BCUT2D eigenvalue weighted by Gasteiger charge is 2.31. The van der Waals surface area contributed by atoms with Gasteiger partial charge in [0.1, 0.15) is 12.4 Å². The molecule has 1 aliphatic heterocycles. The summed E-state index contributed by atoms with van der Waals surface area (Å²) in [5.74, 6) is 0.179. The SMILES string of the molecule is O=C(NCCOc1ccc(Cl)cc1)C1CCN(S(=O)(=O)Cc2ccc(Cl)cc2Cl)CC1. The number of piperidine rings is 1. The van der Waals surface area contributed by atoms with Gasteiger partial charge in [0.2, 0.25) is 15.9 Å². The number of halogens is 3. The molecule has 1 fully saturated rings. The van der Waals surface area contributed by atoms with Crippen molar-refractivity contribution in [2.24, 2.45) is 5.92 Å². The second kappa shape index (κ2) is 10.9. The van der Waals surface area contributed by atoms with E-state index in [9.17, 15) is 13.2 Å². The zero-order valence-electron chi connectivity index (χ0n) is 16.7. The van der Waals surface area contributed by atoms with Crippen LogP contribution < -0.4 is 10.1 Å². The molecule has 6 nitrogen and oxygen atoms in total. The van der Waals surface area contributed by atoms with Crippen LogP contribution in [-0.4, -0.2) is 44.9 Å². The molecule has 1 saturated heterocycles. The van der Waals surface area contributed by atoms with E-state index in [1.807, 2.05) is 0 Å². The molecule has 0 aliphatic carbocycles.